The molecule has 0 amide bonds. The summed E-state index contributed by atoms with van der Waals surface area (Å²) in [4.78, 5) is 0. The molecule has 0 aromatic heterocycles. The van der Waals surface area contributed by atoms with Gasteiger partial charge in [-0.2, -0.15) is 0 Å². The van der Waals surface area contributed by atoms with Crippen LogP contribution in [-0.2, 0) is 0 Å². The minimum atomic E-state index is -1.08. The normalized spacial score (nSPS) is 21.3. The van der Waals surface area contributed by atoms with Gasteiger partial charge in [-0.25, -0.2) is 0 Å². The molecular weight excluding hydrogens is 271 g/mol. The highest BCUT2D eigenvalue weighted by atomic mass is 35.5. The van der Waals surface area contributed by atoms with Crippen LogP contribution in [0.1, 0.15) is 50.2 Å². The van der Waals surface area contributed by atoms with Crippen LogP contribution in [-0.4, -0.2) is 15.8 Å². The number of hydrogen-bond acceptors (Lipinski definition) is 2. The molecule has 100 valence electrons. The summed E-state index contributed by atoms with van der Waals surface area (Å²) in [6.07, 6.45) is 4.34. The van der Waals surface area contributed by atoms with Crippen molar-refractivity contribution in [1.29, 1.82) is 0 Å². The highest BCUT2D eigenvalue weighted by Crippen LogP contribution is 2.41. The molecule has 2 rings (SSSR count). The molecule has 0 spiro atoms. The molecule has 0 saturated heterocycles. The maximum absolute atomic E-state index is 10.6. The van der Waals surface area contributed by atoms with Crippen molar-refractivity contribution in [3.05, 3.63) is 33.8 Å². The fourth-order valence-corrected chi connectivity index (χ4v) is 3.05. The van der Waals surface area contributed by atoms with E-state index in [4.69, 9.17) is 23.2 Å². The molecular formula is C14H18Cl2O2. The van der Waals surface area contributed by atoms with Crippen molar-refractivity contribution in [3.8, 4) is 0 Å². The minimum absolute atomic E-state index is 0.337. The zero-order chi connectivity index (χ0) is 13.2. The molecule has 1 aliphatic carbocycles. The number of aliphatic hydroxyl groups excluding tert-OH is 1. The number of aliphatic hydroxyl groups is 2. The molecule has 1 aromatic rings. The third-order valence-corrected chi connectivity index (χ3v) is 4.59. The lowest BCUT2D eigenvalue weighted by molar-refractivity contribution is -0.0866. The Kier molecular flexibility index (Phi) is 4.54. The summed E-state index contributed by atoms with van der Waals surface area (Å²) in [6.45, 7) is 0. The summed E-state index contributed by atoms with van der Waals surface area (Å²) in [5.74, 6) is 0. The van der Waals surface area contributed by atoms with Gasteiger partial charge in [-0.05, 0) is 18.9 Å². The average Bonchev–Trinajstić information content (AvgIpc) is 2.58. The Morgan fingerprint density at radius 1 is 1.06 bits per heavy atom. The van der Waals surface area contributed by atoms with Crippen LogP contribution in [0, 0.1) is 0 Å². The Hall–Kier alpha value is -0.280. The molecule has 1 atom stereocenters. The molecule has 4 heteroatoms. The molecule has 1 unspecified atom stereocenters. The van der Waals surface area contributed by atoms with Gasteiger partial charge in [0.05, 0.1) is 15.6 Å². The van der Waals surface area contributed by atoms with Gasteiger partial charge < -0.3 is 10.2 Å². The van der Waals surface area contributed by atoms with Gasteiger partial charge in [0.25, 0.3) is 0 Å². The van der Waals surface area contributed by atoms with E-state index in [9.17, 15) is 10.2 Å². The Bertz CT molecular complexity index is 412. The minimum Gasteiger partial charge on any atom is -0.387 e. The number of halogens is 2. The smallest absolute Gasteiger partial charge is 0.109 e. The van der Waals surface area contributed by atoms with Crippen molar-refractivity contribution < 1.29 is 10.2 Å². The zero-order valence-electron chi connectivity index (χ0n) is 10.2. The van der Waals surface area contributed by atoms with Gasteiger partial charge >= 0.3 is 0 Å². The first kappa shape index (κ1) is 14.1. The summed E-state index contributed by atoms with van der Waals surface area (Å²) in [5, 5.41) is 21.8. The quantitative estimate of drug-likeness (QED) is 0.804. The van der Waals surface area contributed by atoms with Crippen molar-refractivity contribution in [3.63, 3.8) is 0 Å². The van der Waals surface area contributed by atoms with Crippen LogP contribution >= 0.6 is 23.2 Å². The first-order chi connectivity index (χ1) is 8.54. The van der Waals surface area contributed by atoms with E-state index < -0.39 is 11.7 Å². The lowest BCUT2D eigenvalue weighted by atomic mass is 9.84. The summed E-state index contributed by atoms with van der Waals surface area (Å²) in [5.41, 5.74) is -0.557. The van der Waals surface area contributed by atoms with E-state index in [1.165, 1.54) is 0 Å². The summed E-state index contributed by atoms with van der Waals surface area (Å²) in [7, 11) is 0. The van der Waals surface area contributed by atoms with Crippen LogP contribution < -0.4 is 0 Å². The van der Waals surface area contributed by atoms with E-state index in [1.807, 2.05) is 0 Å². The molecule has 2 nitrogen and oxygen atoms in total. The van der Waals surface area contributed by atoms with Crippen molar-refractivity contribution in [2.24, 2.45) is 0 Å². The van der Waals surface area contributed by atoms with Crippen LogP contribution in [0.15, 0.2) is 18.2 Å². The van der Waals surface area contributed by atoms with E-state index in [0.29, 0.717) is 28.5 Å². The van der Waals surface area contributed by atoms with Crippen LogP contribution in [0.2, 0.25) is 10.0 Å². The van der Waals surface area contributed by atoms with Crippen LogP contribution in [0.3, 0.4) is 0 Å². The SMILES string of the molecule is OC(c1cccc(Cl)c1Cl)C1(O)CCCCCC1. The summed E-state index contributed by atoms with van der Waals surface area (Å²) >= 11 is 12.1. The summed E-state index contributed by atoms with van der Waals surface area (Å²) in [6, 6.07) is 5.14. The molecule has 18 heavy (non-hydrogen) atoms. The Balaban J connectivity index is 2.28. The zero-order valence-corrected chi connectivity index (χ0v) is 11.7. The van der Waals surface area contributed by atoms with E-state index in [2.05, 4.69) is 0 Å². The molecule has 2 N–H and O–H groups in total. The second-order valence-corrected chi connectivity index (χ2v) is 5.85. The number of rotatable bonds is 2. The van der Waals surface area contributed by atoms with E-state index >= 15 is 0 Å². The van der Waals surface area contributed by atoms with Gasteiger partial charge in [0.2, 0.25) is 0 Å². The van der Waals surface area contributed by atoms with Crippen molar-refractivity contribution in [2.75, 3.05) is 0 Å². The Labute approximate surface area is 118 Å². The van der Waals surface area contributed by atoms with Gasteiger partial charge in [-0.15, -0.1) is 0 Å². The first-order valence-corrected chi connectivity index (χ1v) is 7.14. The highest BCUT2D eigenvalue weighted by Gasteiger charge is 2.37. The maximum atomic E-state index is 10.6. The van der Waals surface area contributed by atoms with E-state index in [-0.39, 0.29) is 0 Å². The van der Waals surface area contributed by atoms with Crippen LogP contribution in [0.25, 0.3) is 0 Å². The van der Waals surface area contributed by atoms with Crippen LogP contribution in [0.4, 0.5) is 0 Å². The molecule has 0 heterocycles. The van der Waals surface area contributed by atoms with E-state index in [0.717, 1.165) is 25.7 Å². The molecule has 0 radical (unpaired) electrons. The second kappa shape index (κ2) is 5.79. The topological polar surface area (TPSA) is 40.5 Å². The van der Waals surface area contributed by atoms with Gasteiger partial charge in [0.15, 0.2) is 0 Å². The monoisotopic (exact) mass is 288 g/mol. The highest BCUT2D eigenvalue weighted by molar-refractivity contribution is 6.42. The number of benzene rings is 1. The lowest BCUT2D eigenvalue weighted by Gasteiger charge is -2.32. The van der Waals surface area contributed by atoms with Gasteiger partial charge in [0, 0.05) is 5.56 Å². The standard InChI is InChI=1S/C14H18Cl2O2/c15-11-7-5-6-10(12(11)16)13(17)14(18)8-3-1-2-4-9-14/h5-7,13,17-18H,1-4,8-9H2. The molecule has 1 saturated carbocycles. The average molecular weight is 289 g/mol. The van der Waals surface area contributed by atoms with Gasteiger partial charge in [0.1, 0.15) is 6.10 Å². The molecule has 1 aliphatic rings. The predicted octanol–water partition coefficient (Wildman–Crippen LogP) is 4.11. The van der Waals surface area contributed by atoms with E-state index in [1.54, 1.807) is 18.2 Å². The second-order valence-electron chi connectivity index (χ2n) is 5.06. The third-order valence-electron chi connectivity index (χ3n) is 3.75. The van der Waals surface area contributed by atoms with Gasteiger partial charge in [-0.3, -0.25) is 0 Å². The molecule has 0 bridgehead atoms. The Morgan fingerprint density at radius 3 is 2.28 bits per heavy atom. The van der Waals surface area contributed by atoms with Crippen molar-refractivity contribution in [1.82, 2.24) is 0 Å². The lowest BCUT2D eigenvalue weighted by Crippen LogP contribution is -2.35. The fourth-order valence-electron chi connectivity index (χ4n) is 2.64. The molecule has 1 fully saturated rings. The fraction of sp³-hybridized carbons (Fsp3) is 0.571. The van der Waals surface area contributed by atoms with Gasteiger partial charge in [-0.1, -0.05) is 61.0 Å². The van der Waals surface area contributed by atoms with Crippen molar-refractivity contribution in [2.45, 2.75) is 50.2 Å². The molecule has 0 aliphatic heterocycles. The number of hydrogen-bond donors (Lipinski definition) is 2. The Morgan fingerprint density at radius 2 is 1.67 bits per heavy atom. The molecule has 1 aromatic carbocycles. The van der Waals surface area contributed by atoms with Crippen molar-refractivity contribution >= 4 is 23.2 Å². The third kappa shape index (κ3) is 2.83. The first-order valence-electron chi connectivity index (χ1n) is 6.39. The maximum Gasteiger partial charge on any atom is 0.109 e. The van der Waals surface area contributed by atoms with Crippen LogP contribution in [0.5, 0.6) is 0 Å². The summed E-state index contributed by atoms with van der Waals surface area (Å²) < 4.78 is 0. The predicted molar refractivity (Wildman–Crippen MR) is 74.1 cm³/mol. The largest absolute Gasteiger partial charge is 0.387 e.